The molecule has 0 aliphatic heterocycles. The SMILES string of the molecule is Cc1ccc(-c2ccncc2)cc1NC(=O)C[C@@H]1CCC[C@H]1N.Cl.Cl. The first-order valence-corrected chi connectivity index (χ1v) is 8.20. The molecule has 0 bridgehead atoms. The lowest BCUT2D eigenvalue weighted by Crippen LogP contribution is -2.28. The summed E-state index contributed by atoms with van der Waals surface area (Å²) in [4.78, 5) is 16.4. The van der Waals surface area contributed by atoms with E-state index in [1.165, 1.54) is 0 Å². The van der Waals surface area contributed by atoms with Gasteiger partial charge in [0, 0.05) is 30.5 Å². The summed E-state index contributed by atoms with van der Waals surface area (Å²) in [6.45, 7) is 2.01. The molecule has 1 saturated carbocycles. The summed E-state index contributed by atoms with van der Waals surface area (Å²) in [5.74, 6) is 0.376. The van der Waals surface area contributed by atoms with Gasteiger partial charge in [-0.1, -0.05) is 18.6 Å². The molecule has 1 aromatic carbocycles. The van der Waals surface area contributed by atoms with Crippen molar-refractivity contribution < 1.29 is 4.79 Å². The molecule has 25 heavy (non-hydrogen) atoms. The summed E-state index contributed by atoms with van der Waals surface area (Å²) in [6, 6.07) is 10.2. The van der Waals surface area contributed by atoms with Crippen molar-refractivity contribution >= 4 is 36.4 Å². The molecule has 0 unspecified atom stereocenters. The van der Waals surface area contributed by atoms with E-state index in [0.717, 1.165) is 41.6 Å². The maximum Gasteiger partial charge on any atom is 0.224 e. The molecular weight excluding hydrogens is 357 g/mol. The van der Waals surface area contributed by atoms with Crippen molar-refractivity contribution in [3.63, 3.8) is 0 Å². The van der Waals surface area contributed by atoms with Crippen molar-refractivity contribution in [2.75, 3.05) is 5.32 Å². The summed E-state index contributed by atoms with van der Waals surface area (Å²) >= 11 is 0. The normalized spacial score (nSPS) is 18.8. The number of nitrogens with two attached hydrogens (primary N) is 1. The van der Waals surface area contributed by atoms with Gasteiger partial charge in [0.2, 0.25) is 5.91 Å². The summed E-state index contributed by atoms with van der Waals surface area (Å²) in [7, 11) is 0. The summed E-state index contributed by atoms with van der Waals surface area (Å²) < 4.78 is 0. The molecule has 2 aromatic rings. The Morgan fingerprint density at radius 1 is 1.16 bits per heavy atom. The van der Waals surface area contributed by atoms with Crippen LogP contribution in [0.5, 0.6) is 0 Å². The number of amides is 1. The van der Waals surface area contributed by atoms with Crippen LogP contribution in [0.4, 0.5) is 5.69 Å². The number of carbonyl (C=O) groups is 1. The Kier molecular flexibility index (Phi) is 8.36. The Balaban J connectivity index is 0.00000156. The second-order valence-electron chi connectivity index (χ2n) is 6.37. The molecule has 1 heterocycles. The van der Waals surface area contributed by atoms with Crippen molar-refractivity contribution in [3.05, 3.63) is 48.3 Å². The maximum atomic E-state index is 12.3. The van der Waals surface area contributed by atoms with Gasteiger partial charge in [-0.05, 0) is 60.6 Å². The van der Waals surface area contributed by atoms with Gasteiger partial charge >= 0.3 is 0 Å². The monoisotopic (exact) mass is 381 g/mol. The average Bonchev–Trinajstić information content (AvgIpc) is 2.95. The molecule has 2 atom stereocenters. The number of aromatic nitrogens is 1. The summed E-state index contributed by atoms with van der Waals surface area (Å²) in [5.41, 5.74) is 10.2. The highest BCUT2D eigenvalue weighted by molar-refractivity contribution is 5.92. The summed E-state index contributed by atoms with van der Waals surface area (Å²) in [5, 5.41) is 3.06. The van der Waals surface area contributed by atoms with Crippen LogP contribution in [0.1, 0.15) is 31.2 Å². The standard InChI is InChI=1S/C19H23N3O.2ClH/c1-13-5-6-15(14-7-9-21-10-8-14)11-18(13)22-19(23)12-16-3-2-4-17(16)20;;/h5-11,16-17H,2-4,12,20H2,1H3,(H,22,23);2*1H/t16-,17+;;/m0../s1. The molecule has 0 radical (unpaired) electrons. The topological polar surface area (TPSA) is 68.0 Å². The molecule has 1 aliphatic carbocycles. The van der Waals surface area contributed by atoms with Crippen LogP contribution in [0.3, 0.4) is 0 Å². The van der Waals surface area contributed by atoms with Crippen LogP contribution in [-0.2, 0) is 4.79 Å². The minimum absolute atomic E-state index is 0. The van der Waals surface area contributed by atoms with Crippen molar-refractivity contribution in [1.82, 2.24) is 4.98 Å². The Hall–Kier alpha value is -1.62. The Labute approximate surface area is 161 Å². The fourth-order valence-corrected chi connectivity index (χ4v) is 3.24. The lowest BCUT2D eigenvalue weighted by atomic mass is 9.99. The van der Waals surface area contributed by atoms with Crippen molar-refractivity contribution in [2.24, 2.45) is 11.7 Å². The molecule has 1 fully saturated rings. The van der Waals surface area contributed by atoms with E-state index < -0.39 is 0 Å². The Morgan fingerprint density at radius 2 is 1.88 bits per heavy atom. The lowest BCUT2D eigenvalue weighted by Gasteiger charge is -2.16. The molecule has 3 rings (SSSR count). The molecule has 136 valence electrons. The fourth-order valence-electron chi connectivity index (χ4n) is 3.24. The van der Waals surface area contributed by atoms with E-state index in [2.05, 4.69) is 16.4 Å². The van der Waals surface area contributed by atoms with Gasteiger partial charge in [0.15, 0.2) is 0 Å². The van der Waals surface area contributed by atoms with Gasteiger partial charge in [-0.2, -0.15) is 0 Å². The highest BCUT2D eigenvalue weighted by atomic mass is 35.5. The molecule has 3 N–H and O–H groups in total. The van der Waals surface area contributed by atoms with Crippen LogP contribution in [0, 0.1) is 12.8 Å². The number of benzene rings is 1. The zero-order chi connectivity index (χ0) is 16.2. The largest absolute Gasteiger partial charge is 0.327 e. The predicted octanol–water partition coefficient (Wildman–Crippen LogP) is 4.36. The number of aryl methyl sites for hydroxylation is 1. The number of halogens is 2. The lowest BCUT2D eigenvalue weighted by molar-refractivity contribution is -0.117. The molecule has 0 spiro atoms. The van der Waals surface area contributed by atoms with Crippen LogP contribution in [0.25, 0.3) is 11.1 Å². The Morgan fingerprint density at radius 3 is 2.52 bits per heavy atom. The fraction of sp³-hybridized carbons (Fsp3) is 0.368. The molecule has 1 aliphatic rings. The van der Waals surface area contributed by atoms with Gasteiger partial charge in [-0.25, -0.2) is 0 Å². The molecule has 1 amide bonds. The first-order valence-electron chi connectivity index (χ1n) is 8.20. The molecular formula is C19H25Cl2N3O. The maximum absolute atomic E-state index is 12.3. The Bertz CT molecular complexity index is 694. The van der Waals surface area contributed by atoms with Gasteiger partial charge in [0.25, 0.3) is 0 Å². The van der Waals surface area contributed by atoms with Crippen LogP contribution in [0.2, 0.25) is 0 Å². The highest BCUT2D eigenvalue weighted by Crippen LogP contribution is 2.28. The number of rotatable bonds is 4. The highest BCUT2D eigenvalue weighted by Gasteiger charge is 2.26. The zero-order valence-corrected chi connectivity index (χ0v) is 15.9. The van der Waals surface area contributed by atoms with E-state index in [0.29, 0.717) is 12.3 Å². The number of anilines is 1. The average molecular weight is 382 g/mol. The molecule has 1 aromatic heterocycles. The van der Waals surface area contributed by atoms with Crippen LogP contribution >= 0.6 is 24.8 Å². The smallest absolute Gasteiger partial charge is 0.224 e. The van der Waals surface area contributed by atoms with Gasteiger partial charge in [0.1, 0.15) is 0 Å². The third-order valence-electron chi connectivity index (χ3n) is 4.69. The zero-order valence-electron chi connectivity index (χ0n) is 14.3. The van der Waals surface area contributed by atoms with Gasteiger partial charge in [0.05, 0.1) is 0 Å². The second kappa shape index (κ2) is 9.76. The van der Waals surface area contributed by atoms with Gasteiger partial charge < -0.3 is 11.1 Å². The van der Waals surface area contributed by atoms with Crippen LogP contribution in [-0.4, -0.2) is 16.9 Å². The number of pyridine rings is 1. The third kappa shape index (κ3) is 5.43. The number of nitrogens with one attached hydrogen (secondary N) is 1. The van der Waals surface area contributed by atoms with E-state index in [9.17, 15) is 4.79 Å². The third-order valence-corrected chi connectivity index (χ3v) is 4.69. The van der Waals surface area contributed by atoms with Crippen LogP contribution in [0.15, 0.2) is 42.7 Å². The second-order valence-corrected chi connectivity index (χ2v) is 6.37. The predicted molar refractivity (Wildman–Crippen MR) is 107 cm³/mol. The van der Waals surface area contributed by atoms with Gasteiger partial charge in [-0.3, -0.25) is 9.78 Å². The quantitative estimate of drug-likeness (QED) is 0.826. The van der Waals surface area contributed by atoms with Crippen molar-refractivity contribution in [2.45, 2.75) is 38.6 Å². The van der Waals surface area contributed by atoms with E-state index in [1.807, 2.05) is 31.2 Å². The van der Waals surface area contributed by atoms with Gasteiger partial charge in [-0.15, -0.1) is 24.8 Å². The van der Waals surface area contributed by atoms with Crippen molar-refractivity contribution in [1.29, 1.82) is 0 Å². The van der Waals surface area contributed by atoms with Crippen molar-refractivity contribution in [3.8, 4) is 11.1 Å². The van der Waals surface area contributed by atoms with E-state index in [1.54, 1.807) is 12.4 Å². The molecule has 6 heteroatoms. The molecule has 4 nitrogen and oxygen atoms in total. The summed E-state index contributed by atoms with van der Waals surface area (Å²) in [6.07, 6.45) is 7.29. The first-order chi connectivity index (χ1) is 11.1. The van der Waals surface area contributed by atoms with E-state index in [-0.39, 0.29) is 36.8 Å². The number of hydrogen-bond acceptors (Lipinski definition) is 3. The first kappa shape index (κ1) is 21.4. The minimum atomic E-state index is 0. The molecule has 0 saturated heterocycles. The van der Waals surface area contributed by atoms with E-state index >= 15 is 0 Å². The number of nitrogens with zero attached hydrogens (tertiary/aromatic N) is 1. The number of carbonyl (C=O) groups excluding carboxylic acids is 1. The van der Waals surface area contributed by atoms with Crippen LogP contribution < -0.4 is 11.1 Å². The number of hydrogen-bond donors (Lipinski definition) is 2. The van der Waals surface area contributed by atoms with E-state index in [4.69, 9.17) is 5.73 Å². The minimum Gasteiger partial charge on any atom is -0.327 e.